The summed E-state index contributed by atoms with van der Waals surface area (Å²) < 4.78 is 0. The molecule has 0 spiro atoms. The first-order valence-corrected chi connectivity index (χ1v) is 4.26. The lowest BCUT2D eigenvalue weighted by atomic mass is 10.1. The summed E-state index contributed by atoms with van der Waals surface area (Å²) in [6.07, 6.45) is 2.34. The van der Waals surface area contributed by atoms with Gasteiger partial charge in [0, 0.05) is 6.42 Å². The van der Waals surface area contributed by atoms with E-state index in [1.807, 2.05) is 0 Å². The number of hydrogen-bond donors (Lipinski definition) is 3. The van der Waals surface area contributed by atoms with Gasteiger partial charge >= 0.3 is 5.97 Å². The normalized spacial score (nSPS) is 12.8. The molecule has 0 heterocycles. The molecule has 0 radical (unpaired) electrons. The molecule has 4 heteroatoms. The molecule has 0 bridgehead atoms. The van der Waals surface area contributed by atoms with E-state index in [2.05, 4.69) is 0 Å². The molecular weight excluding hydrogens is 158 g/mol. The van der Waals surface area contributed by atoms with Gasteiger partial charge in [-0.2, -0.15) is 0 Å². The lowest BCUT2D eigenvalue weighted by Gasteiger charge is -2.07. The Bertz CT molecular complexity index is 127. The summed E-state index contributed by atoms with van der Waals surface area (Å²) in [7, 11) is 0. The Morgan fingerprint density at radius 3 is 2.42 bits per heavy atom. The highest BCUT2D eigenvalue weighted by Gasteiger charge is 2.04. The monoisotopic (exact) mass is 175 g/mol. The summed E-state index contributed by atoms with van der Waals surface area (Å²) in [5.41, 5.74) is 5.25. The van der Waals surface area contributed by atoms with Crippen molar-refractivity contribution in [3.05, 3.63) is 0 Å². The number of nitrogens with two attached hydrogens (primary N) is 1. The summed E-state index contributed by atoms with van der Waals surface area (Å²) in [5, 5.41) is 17.5. The van der Waals surface area contributed by atoms with Gasteiger partial charge in [0.05, 0.1) is 6.10 Å². The zero-order valence-corrected chi connectivity index (χ0v) is 7.20. The van der Waals surface area contributed by atoms with E-state index >= 15 is 0 Å². The highest BCUT2D eigenvalue weighted by Crippen LogP contribution is 2.05. The lowest BCUT2D eigenvalue weighted by Crippen LogP contribution is -2.10. The molecule has 0 saturated carbocycles. The van der Waals surface area contributed by atoms with E-state index in [1.54, 1.807) is 0 Å². The van der Waals surface area contributed by atoms with Crippen molar-refractivity contribution >= 4 is 5.97 Å². The predicted octanol–water partition coefficient (Wildman–Crippen LogP) is 0.341. The Kier molecular flexibility index (Phi) is 6.70. The van der Waals surface area contributed by atoms with Crippen molar-refractivity contribution in [1.82, 2.24) is 0 Å². The Labute approximate surface area is 72.4 Å². The smallest absolute Gasteiger partial charge is 0.303 e. The van der Waals surface area contributed by atoms with E-state index < -0.39 is 5.97 Å². The SMILES string of the molecule is NCCCC(O)CCCC(=O)O. The summed E-state index contributed by atoms with van der Waals surface area (Å²) >= 11 is 0. The van der Waals surface area contributed by atoms with Crippen LogP contribution < -0.4 is 5.73 Å². The number of carbonyl (C=O) groups is 1. The Hall–Kier alpha value is -0.610. The minimum absolute atomic E-state index is 0.139. The number of aliphatic hydroxyl groups excluding tert-OH is 1. The number of hydrogen-bond acceptors (Lipinski definition) is 3. The van der Waals surface area contributed by atoms with Gasteiger partial charge in [0.2, 0.25) is 0 Å². The maximum atomic E-state index is 10.1. The second-order valence-corrected chi connectivity index (χ2v) is 2.87. The summed E-state index contributed by atoms with van der Waals surface area (Å²) in [5.74, 6) is -0.805. The molecular formula is C8H17NO3. The molecule has 0 amide bonds. The quantitative estimate of drug-likeness (QED) is 0.521. The first kappa shape index (κ1) is 11.4. The topological polar surface area (TPSA) is 83.5 Å². The van der Waals surface area contributed by atoms with Crippen molar-refractivity contribution < 1.29 is 15.0 Å². The Morgan fingerprint density at radius 1 is 1.33 bits per heavy atom. The lowest BCUT2D eigenvalue weighted by molar-refractivity contribution is -0.137. The maximum absolute atomic E-state index is 10.1. The molecule has 4 nitrogen and oxygen atoms in total. The van der Waals surface area contributed by atoms with E-state index in [9.17, 15) is 9.90 Å². The highest BCUT2D eigenvalue weighted by molar-refractivity contribution is 5.66. The zero-order valence-electron chi connectivity index (χ0n) is 7.20. The molecule has 0 fully saturated rings. The predicted molar refractivity (Wildman–Crippen MR) is 45.8 cm³/mol. The molecule has 4 N–H and O–H groups in total. The molecule has 12 heavy (non-hydrogen) atoms. The maximum Gasteiger partial charge on any atom is 0.303 e. The van der Waals surface area contributed by atoms with Crippen molar-refractivity contribution in [3.8, 4) is 0 Å². The third-order valence-electron chi connectivity index (χ3n) is 1.67. The van der Waals surface area contributed by atoms with Crippen LogP contribution in [0.25, 0.3) is 0 Å². The molecule has 0 aliphatic heterocycles. The Balaban J connectivity index is 3.19. The van der Waals surface area contributed by atoms with E-state index in [0.29, 0.717) is 25.8 Å². The number of carboxylic acids is 1. The minimum Gasteiger partial charge on any atom is -0.481 e. The molecule has 0 aliphatic carbocycles. The molecule has 0 aliphatic rings. The largest absolute Gasteiger partial charge is 0.481 e. The van der Waals surface area contributed by atoms with Gasteiger partial charge in [0.1, 0.15) is 0 Å². The van der Waals surface area contributed by atoms with Crippen LogP contribution in [-0.4, -0.2) is 28.8 Å². The van der Waals surface area contributed by atoms with Crippen LogP contribution >= 0.6 is 0 Å². The highest BCUT2D eigenvalue weighted by atomic mass is 16.4. The van der Waals surface area contributed by atoms with Crippen molar-refractivity contribution in [2.45, 2.75) is 38.2 Å². The minimum atomic E-state index is -0.805. The van der Waals surface area contributed by atoms with Crippen LogP contribution in [0.2, 0.25) is 0 Å². The standard InChI is InChI=1S/C8H17NO3/c9-6-2-4-7(10)3-1-5-8(11)12/h7,10H,1-6,9H2,(H,11,12). The van der Waals surface area contributed by atoms with Gasteiger partial charge in [-0.3, -0.25) is 4.79 Å². The fraction of sp³-hybridized carbons (Fsp3) is 0.875. The van der Waals surface area contributed by atoms with Gasteiger partial charge in [-0.05, 0) is 32.2 Å². The van der Waals surface area contributed by atoms with Gasteiger partial charge in [0.25, 0.3) is 0 Å². The van der Waals surface area contributed by atoms with Crippen molar-refractivity contribution in [1.29, 1.82) is 0 Å². The van der Waals surface area contributed by atoms with Gasteiger partial charge in [-0.25, -0.2) is 0 Å². The number of aliphatic carboxylic acids is 1. The van der Waals surface area contributed by atoms with Gasteiger partial charge in [-0.15, -0.1) is 0 Å². The van der Waals surface area contributed by atoms with Crippen LogP contribution in [-0.2, 0) is 4.79 Å². The molecule has 1 atom stereocenters. The van der Waals surface area contributed by atoms with Crippen LogP contribution in [0.3, 0.4) is 0 Å². The third-order valence-corrected chi connectivity index (χ3v) is 1.67. The first-order chi connectivity index (χ1) is 5.66. The fourth-order valence-electron chi connectivity index (χ4n) is 0.987. The van der Waals surface area contributed by atoms with Gasteiger partial charge in [-0.1, -0.05) is 0 Å². The van der Waals surface area contributed by atoms with Gasteiger partial charge < -0.3 is 15.9 Å². The molecule has 0 saturated heterocycles. The van der Waals surface area contributed by atoms with Crippen LogP contribution in [0.15, 0.2) is 0 Å². The first-order valence-electron chi connectivity index (χ1n) is 4.26. The van der Waals surface area contributed by atoms with Crippen molar-refractivity contribution in [2.24, 2.45) is 5.73 Å². The zero-order chi connectivity index (χ0) is 9.40. The van der Waals surface area contributed by atoms with Crippen LogP contribution in [0.1, 0.15) is 32.1 Å². The molecule has 0 aromatic rings. The number of aliphatic hydroxyl groups is 1. The number of carboxylic acid groups (broad SMARTS) is 1. The third kappa shape index (κ3) is 7.50. The van der Waals surface area contributed by atoms with Crippen LogP contribution in [0.4, 0.5) is 0 Å². The van der Waals surface area contributed by atoms with Crippen molar-refractivity contribution in [2.75, 3.05) is 6.54 Å². The van der Waals surface area contributed by atoms with Crippen LogP contribution in [0.5, 0.6) is 0 Å². The second-order valence-electron chi connectivity index (χ2n) is 2.87. The van der Waals surface area contributed by atoms with E-state index in [4.69, 9.17) is 10.8 Å². The summed E-state index contributed by atoms with van der Waals surface area (Å²) in [6.45, 7) is 0.579. The molecule has 0 aromatic carbocycles. The van der Waals surface area contributed by atoms with E-state index in [-0.39, 0.29) is 12.5 Å². The average Bonchev–Trinajstić information content (AvgIpc) is 2.00. The Morgan fingerprint density at radius 2 is 1.92 bits per heavy atom. The van der Waals surface area contributed by atoms with Gasteiger partial charge in [0.15, 0.2) is 0 Å². The van der Waals surface area contributed by atoms with Crippen LogP contribution in [0, 0.1) is 0 Å². The molecule has 1 unspecified atom stereocenters. The fourth-order valence-corrected chi connectivity index (χ4v) is 0.987. The summed E-state index contributed by atoms with van der Waals surface area (Å²) in [6, 6.07) is 0. The molecule has 0 rings (SSSR count). The van der Waals surface area contributed by atoms with E-state index in [0.717, 1.165) is 6.42 Å². The van der Waals surface area contributed by atoms with Crippen molar-refractivity contribution in [3.63, 3.8) is 0 Å². The number of rotatable bonds is 7. The average molecular weight is 175 g/mol. The molecule has 72 valence electrons. The second kappa shape index (κ2) is 7.06. The molecule has 0 aromatic heterocycles. The van der Waals surface area contributed by atoms with E-state index in [1.165, 1.54) is 0 Å². The summed E-state index contributed by atoms with van der Waals surface area (Å²) in [4.78, 5) is 10.1.